The van der Waals surface area contributed by atoms with Crippen LogP contribution in [0.2, 0.25) is 0 Å². The second-order valence-corrected chi connectivity index (χ2v) is 12.9. The van der Waals surface area contributed by atoms with Crippen molar-refractivity contribution in [2.24, 2.45) is 0 Å². The van der Waals surface area contributed by atoms with Gasteiger partial charge in [-0.25, -0.2) is 0 Å². The molecule has 250 valence electrons. The zero-order valence-corrected chi connectivity index (χ0v) is 28.4. The number of nitrogens with zero attached hydrogens (tertiary/aromatic N) is 4. The summed E-state index contributed by atoms with van der Waals surface area (Å²) < 4.78 is 13.4. The summed E-state index contributed by atoms with van der Waals surface area (Å²) in [5.41, 5.74) is 8.44. The fourth-order valence-electron chi connectivity index (χ4n) is 7.16. The number of aromatic nitrogens is 1. The van der Waals surface area contributed by atoms with E-state index in [4.69, 9.17) is 9.47 Å². The Kier molecular flexibility index (Phi) is 8.24. The molecule has 5 aromatic rings. The van der Waals surface area contributed by atoms with E-state index in [9.17, 15) is 14.7 Å². The van der Waals surface area contributed by atoms with Crippen LogP contribution in [0.3, 0.4) is 0 Å². The van der Waals surface area contributed by atoms with Gasteiger partial charge in [-0.2, -0.15) is 0 Å². The zero-order valence-electron chi connectivity index (χ0n) is 27.6. The minimum Gasteiger partial charge on any atom is -0.508 e. The van der Waals surface area contributed by atoms with Crippen LogP contribution in [-0.2, 0) is 19.4 Å². The normalized spacial score (nSPS) is 15.8. The molecule has 0 bridgehead atoms. The number of aromatic hydroxyl groups is 1. The molecular formula is C39H37ClN4O5. The molecule has 0 fully saturated rings. The molecule has 1 N–H and O–H groups in total. The van der Waals surface area contributed by atoms with Crippen LogP contribution >= 0.6 is 12.4 Å². The number of aryl methyl sites for hydroxylation is 1. The molecule has 3 aliphatic rings. The lowest BCUT2D eigenvalue weighted by Crippen LogP contribution is -2.42. The first-order chi connectivity index (χ1) is 23.2. The average molecular weight is 677 g/mol. The number of hydrogen-bond acceptors (Lipinski definition) is 6. The highest BCUT2D eigenvalue weighted by molar-refractivity contribution is 6.11. The molecule has 0 saturated carbocycles. The van der Waals surface area contributed by atoms with Crippen molar-refractivity contribution < 1.29 is 24.2 Å². The summed E-state index contributed by atoms with van der Waals surface area (Å²) in [5.74, 6) is 0.849. The van der Waals surface area contributed by atoms with Crippen molar-refractivity contribution in [3.63, 3.8) is 0 Å². The molecule has 1 aromatic heterocycles. The van der Waals surface area contributed by atoms with Crippen LogP contribution in [0.4, 0.5) is 17.1 Å². The Hall–Kier alpha value is -5.41. The Labute approximate surface area is 291 Å². The number of amides is 2. The number of carbonyl (C=O) groups excluding carboxylic acids is 2. The number of ether oxygens (including phenoxy) is 2. The van der Waals surface area contributed by atoms with Gasteiger partial charge in [-0.15, -0.1) is 12.4 Å². The van der Waals surface area contributed by atoms with E-state index in [1.54, 1.807) is 41.4 Å². The highest BCUT2D eigenvalue weighted by Gasteiger charge is 2.32. The number of fused-ring (bicyclic) bond motifs is 3. The van der Waals surface area contributed by atoms with Gasteiger partial charge in [-0.05, 0) is 98.0 Å². The van der Waals surface area contributed by atoms with Crippen LogP contribution in [-0.4, -0.2) is 52.8 Å². The lowest BCUT2D eigenvalue weighted by Gasteiger charge is -2.35. The van der Waals surface area contributed by atoms with E-state index >= 15 is 0 Å². The number of anilines is 3. The molecule has 2 amide bonds. The van der Waals surface area contributed by atoms with Gasteiger partial charge >= 0.3 is 0 Å². The molecule has 0 radical (unpaired) electrons. The van der Waals surface area contributed by atoms with Gasteiger partial charge in [-0.1, -0.05) is 24.3 Å². The predicted molar refractivity (Wildman–Crippen MR) is 191 cm³/mol. The number of benzene rings is 4. The van der Waals surface area contributed by atoms with E-state index in [1.165, 1.54) is 11.1 Å². The first kappa shape index (κ1) is 32.2. The maximum absolute atomic E-state index is 14.5. The number of rotatable bonds is 5. The lowest BCUT2D eigenvalue weighted by molar-refractivity contribution is 0.0657. The Morgan fingerprint density at radius 1 is 0.857 bits per heavy atom. The second-order valence-electron chi connectivity index (χ2n) is 12.9. The van der Waals surface area contributed by atoms with Crippen molar-refractivity contribution >= 4 is 41.3 Å². The van der Waals surface area contributed by atoms with Crippen molar-refractivity contribution in [2.75, 3.05) is 30.2 Å². The second kappa shape index (κ2) is 12.6. The first-order valence-corrected chi connectivity index (χ1v) is 16.2. The van der Waals surface area contributed by atoms with Crippen LogP contribution < -0.4 is 19.3 Å². The van der Waals surface area contributed by atoms with Crippen LogP contribution in [0.5, 0.6) is 17.2 Å². The molecule has 49 heavy (non-hydrogen) atoms. The largest absolute Gasteiger partial charge is 0.508 e. The number of halogens is 1. The SMILES string of the molecule is Cc1cc(C(=O)N(c2ccc(O)cc2)c2ccc3c(c2)CCN3C)cn1-c1cc2c(cc1C(=O)N1Cc3ccccc3C[C@@H]1C)OCO2.Cl. The lowest BCUT2D eigenvalue weighted by atomic mass is 9.94. The van der Waals surface area contributed by atoms with Gasteiger partial charge < -0.3 is 28.9 Å². The monoisotopic (exact) mass is 676 g/mol. The van der Waals surface area contributed by atoms with Crippen molar-refractivity contribution in [1.29, 1.82) is 0 Å². The van der Waals surface area contributed by atoms with Gasteiger partial charge in [0.1, 0.15) is 5.75 Å². The predicted octanol–water partition coefficient (Wildman–Crippen LogP) is 7.20. The summed E-state index contributed by atoms with van der Waals surface area (Å²) in [6.07, 6.45) is 3.46. The molecule has 8 rings (SSSR count). The Balaban J connectivity index is 0.00000378. The van der Waals surface area contributed by atoms with Crippen molar-refractivity contribution in [3.8, 4) is 22.9 Å². The third-order valence-electron chi connectivity index (χ3n) is 9.77. The molecule has 3 aliphatic heterocycles. The van der Waals surface area contributed by atoms with Crippen LogP contribution in [0.25, 0.3) is 5.69 Å². The summed E-state index contributed by atoms with van der Waals surface area (Å²) in [7, 11) is 2.07. The Morgan fingerprint density at radius 3 is 2.35 bits per heavy atom. The molecule has 1 atom stereocenters. The van der Waals surface area contributed by atoms with Crippen LogP contribution in [0.1, 0.15) is 50.0 Å². The van der Waals surface area contributed by atoms with Gasteiger partial charge in [0.05, 0.1) is 16.8 Å². The fourth-order valence-corrected chi connectivity index (χ4v) is 7.16. The van der Waals surface area contributed by atoms with Crippen LogP contribution in [0, 0.1) is 6.92 Å². The highest BCUT2D eigenvalue weighted by atomic mass is 35.5. The number of hydrogen-bond donors (Lipinski definition) is 1. The van der Waals surface area contributed by atoms with E-state index in [0.717, 1.165) is 42.0 Å². The fraction of sp³-hybridized carbons (Fsp3) is 0.231. The number of likely N-dealkylation sites (N-methyl/N-ethyl adjacent to an activating group) is 1. The van der Waals surface area contributed by atoms with Gasteiger partial charge in [0.15, 0.2) is 11.5 Å². The maximum Gasteiger partial charge on any atom is 0.264 e. The molecule has 4 heterocycles. The van der Waals surface area contributed by atoms with E-state index in [-0.39, 0.29) is 42.8 Å². The minimum absolute atomic E-state index is 0. The summed E-state index contributed by atoms with van der Waals surface area (Å²) in [5, 5.41) is 10.0. The van der Waals surface area contributed by atoms with Crippen molar-refractivity contribution in [2.45, 2.75) is 39.3 Å². The van der Waals surface area contributed by atoms with E-state index in [2.05, 4.69) is 43.1 Å². The number of phenols is 1. The maximum atomic E-state index is 14.5. The molecule has 0 unspecified atom stereocenters. The molecule has 0 saturated heterocycles. The Morgan fingerprint density at radius 2 is 1.57 bits per heavy atom. The van der Waals surface area contributed by atoms with Gasteiger partial charge in [0.2, 0.25) is 6.79 Å². The molecule has 9 nitrogen and oxygen atoms in total. The van der Waals surface area contributed by atoms with Gasteiger partial charge in [0, 0.05) is 61.2 Å². The Bertz CT molecular complexity index is 2090. The third kappa shape index (κ3) is 5.64. The quantitative estimate of drug-likeness (QED) is 0.212. The van der Waals surface area contributed by atoms with E-state index in [1.807, 2.05) is 46.7 Å². The summed E-state index contributed by atoms with van der Waals surface area (Å²) in [6, 6.07) is 26.4. The topological polar surface area (TPSA) is 87.5 Å². The van der Waals surface area contributed by atoms with E-state index < -0.39 is 0 Å². The van der Waals surface area contributed by atoms with Gasteiger partial charge in [-0.3, -0.25) is 14.5 Å². The number of carbonyl (C=O) groups is 2. The third-order valence-corrected chi connectivity index (χ3v) is 9.77. The van der Waals surface area contributed by atoms with E-state index in [0.29, 0.717) is 40.5 Å². The van der Waals surface area contributed by atoms with Crippen LogP contribution in [0.15, 0.2) is 91.1 Å². The summed E-state index contributed by atoms with van der Waals surface area (Å²) in [6.45, 7) is 5.51. The molecule has 10 heteroatoms. The molecule has 0 aliphatic carbocycles. The average Bonchev–Trinajstić information content (AvgIpc) is 3.82. The summed E-state index contributed by atoms with van der Waals surface area (Å²) >= 11 is 0. The zero-order chi connectivity index (χ0) is 33.1. The summed E-state index contributed by atoms with van der Waals surface area (Å²) in [4.78, 5) is 34.7. The molecule has 4 aromatic carbocycles. The van der Waals surface area contributed by atoms with Crippen molar-refractivity contribution in [1.82, 2.24) is 9.47 Å². The smallest absolute Gasteiger partial charge is 0.264 e. The van der Waals surface area contributed by atoms with Gasteiger partial charge in [0.25, 0.3) is 11.8 Å². The minimum atomic E-state index is -0.233. The molecule has 0 spiro atoms. The number of phenolic OH excluding ortho intramolecular Hbond substituents is 1. The first-order valence-electron chi connectivity index (χ1n) is 16.2. The molecular weight excluding hydrogens is 640 g/mol. The van der Waals surface area contributed by atoms with Crippen molar-refractivity contribution in [3.05, 3.63) is 125 Å². The highest BCUT2D eigenvalue weighted by Crippen LogP contribution is 2.39. The standard InChI is InChI=1S/C39H36N4O5.ClH/c1-24-17-29(38(45)43(30-8-11-32(44)12-9-30)31-10-13-34-27(18-31)14-15-40(34)3)22-41(24)35-20-37-36(47-23-48-37)19-33(35)39(46)42-21-28-7-5-4-6-26(28)16-25(42)2;/h4-13,17-20,22,25,44H,14-16,21,23H2,1-3H3;1H/t25-;/m0./s1.